The maximum atomic E-state index is 13.2. The third-order valence-electron chi connectivity index (χ3n) is 6.79. The molecule has 1 aliphatic heterocycles. The number of halogens is 3. The van der Waals surface area contributed by atoms with Gasteiger partial charge < -0.3 is 25.4 Å². The second-order valence-electron chi connectivity index (χ2n) is 9.80. The van der Waals surface area contributed by atoms with Gasteiger partial charge in [0.25, 0.3) is 0 Å². The maximum Gasteiger partial charge on any atom is 0.497 e. The lowest BCUT2D eigenvalue weighted by Gasteiger charge is -2.32. The third-order valence-corrected chi connectivity index (χ3v) is 6.79. The van der Waals surface area contributed by atoms with Gasteiger partial charge in [-0.3, -0.25) is 0 Å². The lowest BCUT2D eigenvalue weighted by Crippen LogP contribution is -2.41. The molecule has 1 saturated heterocycles. The first kappa shape index (κ1) is 25.9. The summed E-state index contributed by atoms with van der Waals surface area (Å²) in [7, 11) is 1.04. The zero-order valence-corrected chi connectivity index (χ0v) is 21.1. The van der Waals surface area contributed by atoms with Crippen molar-refractivity contribution >= 4 is 41.2 Å². The molecule has 3 N–H and O–H groups in total. The summed E-state index contributed by atoms with van der Waals surface area (Å²) < 4.78 is 52.0. The van der Waals surface area contributed by atoms with E-state index in [0.717, 1.165) is 12.1 Å². The summed E-state index contributed by atoms with van der Waals surface area (Å²) in [5, 5.41) is 15.0. The van der Waals surface area contributed by atoms with Crippen molar-refractivity contribution in [3.05, 3.63) is 52.8 Å². The second kappa shape index (κ2) is 9.04. The molecular formula is C25H29BF3N5O2. The van der Waals surface area contributed by atoms with E-state index in [9.17, 15) is 13.2 Å². The van der Waals surface area contributed by atoms with Gasteiger partial charge in [0.05, 0.1) is 22.3 Å². The van der Waals surface area contributed by atoms with E-state index in [1.54, 1.807) is 20.0 Å². The number of rotatable bonds is 6. The Morgan fingerprint density at radius 1 is 1.08 bits per heavy atom. The zero-order valence-electron chi connectivity index (χ0n) is 21.1. The number of aromatic nitrogens is 2. The molecular weight excluding hydrogens is 470 g/mol. The summed E-state index contributed by atoms with van der Waals surface area (Å²) in [5.74, 6) is 0.904. The van der Waals surface area contributed by atoms with Crippen LogP contribution in [-0.4, -0.2) is 41.6 Å². The van der Waals surface area contributed by atoms with Gasteiger partial charge in [0.15, 0.2) is 0 Å². The molecule has 0 bridgehead atoms. The zero-order chi connectivity index (χ0) is 26.5. The predicted octanol–water partition coefficient (Wildman–Crippen LogP) is 4.91. The number of benzene rings is 2. The van der Waals surface area contributed by atoms with E-state index in [4.69, 9.17) is 14.7 Å². The maximum absolute atomic E-state index is 13.2. The quantitative estimate of drug-likeness (QED) is 0.330. The molecule has 190 valence electrons. The van der Waals surface area contributed by atoms with Crippen LogP contribution in [0.5, 0.6) is 0 Å². The Labute approximate surface area is 208 Å². The van der Waals surface area contributed by atoms with Crippen LogP contribution in [0.4, 0.5) is 24.7 Å². The highest BCUT2D eigenvalue weighted by molar-refractivity contribution is 6.64. The topological polar surface area (TPSA) is 92.2 Å². The van der Waals surface area contributed by atoms with Gasteiger partial charge in [-0.2, -0.15) is 13.2 Å². The normalized spacial score (nSPS) is 16.9. The molecule has 1 fully saturated rings. The van der Waals surface area contributed by atoms with E-state index >= 15 is 0 Å². The molecule has 4 rings (SSSR count). The highest BCUT2D eigenvalue weighted by Crippen LogP contribution is 2.38. The fraction of sp³-hybridized carbons (Fsp3) is 0.400. The van der Waals surface area contributed by atoms with Crippen molar-refractivity contribution in [1.82, 2.24) is 9.97 Å². The van der Waals surface area contributed by atoms with Crippen molar-refractivity contribution in [2.24, 2.45) is 0 Å². The Bertz CT molecular complexity index is 1310. The summed E-state index contributed by atoms with van der Waals surface area (Å²) >= 11 is 0. The number of hydrogen-bond donors (Lipinski definition) is 3. The molecule has 0 radical (unpaired) electrons. The highest BCUT2D eigenvalue weighted by atomic mass is 19.4. The average molecular weight is 499 g/mol. The highest BCUT2D eigenvalue weighted by Gasteiger charge is 2.52. The molecule has 2 aromatic carbocycles. The van der Waals surface area contributed by atoms with Crippen molar-refractivity contribution in [3.63, 3.8) is 0 Å². The molecule has 3 aromatic rings. The monoisotopic (exact) mass is 499 g/mol. The Hall–Kier alpha value is -3.18. The first-order valence-electron chi connectivity index (χ1n) is 11.6. The fourth-order valence-corrected chi connectivity index (χ4v) is 4.18. The number of nitrogens with zero attached hydrogens (tertiary/aromatic N) is 2. The lowest BCUT2D eigenvalue weighted by molar-refractivity contribution is -0.137. The van der Waals surface area contributed by atoms with E-state index in [0.29, 0.717) is 44.8 Å². The SMILES string of the molecule is CNc1c(B2OC(C)(C)C(C)(C)O2)cc2c(NCc3cccc(C(F)(F)F)c3)nc(C)nc2c1C=N. The number of aryl methyl sites for hydroxylation is 1. The molecule has 1 aromatic heterocycles. The van der Waals surface area contributed by atoms with Crippen LogP contribution < -0.4 is 16.1 Å². The number of alkyl halides is 3. The summed E-state index contributed by atoms with van der Waals surface area (Å²) in [6.45, 7) is 9.68. The van der Waals surface area contributed by atoms with Crippen LogP contribution in [0.2, 0.25) is 0 Å². The van der Waals surface area contributed by atoms with Gasteiger partial charge in [-0.05, 0) is 58.4 Å². The van der Waals surface area contributed by atoms with Crippen LogP contribution in [0.15, 0.2) is 30.3 Å². The van der Waals surface area contributed by atoms with Crippen LogP contribution in [0.25, 0.3) is 10.9 Å². The molecule has 7 nitrogen and oxygen atoms in total. The molecule has 2 heterocycles. The van der Waals surface area contributed by atoms with Crippen molar-refractivity contribution in [1.29, 1.82) is 5.41 Å². The van der Waals surface area contributed by atoms with Crippen molar-refractivity contribution in [3.8, 4) is 0 Å². The van der Waals surface area contributed by atoms with Crippen molar-refractivity contribution in [2.75, 3.05) is 17.7 Å². The van der Waals surface area contributed by atoms with Gasteiger partial charge in [0.2, 0.25) is 0 Å². The Morgan fingerprint density at radius 3 is 2.33 bits per heavy atom. The molecule has 0 spiro atoms. The summed E-state index contributed by atoms with van der Waals surface area (Å²) in [6.07, 6.45) is -3.21. The predicted molar refractivity (Wildman–Crippen MR) is 136 cm³/mol. The Balaban J connectivity index is 1.81. The molecule has 0 unspecified atom stereocenters. The largest absolute Gasteiger partial charge is 0.497 e. The van der Waals surface area contributed by atoms with E-state index in [1.165, 1.54) is 12.3 Å². The number of anilines is 2. The van der Waals surface area contributed by atoms with Gasteiger partial charge in [-0.1, -0.05) is 12.1 Å². The van der Waals surface area contributed by atoms with Crippen LogP contribution in [-0.2, 0) is 22.0 Å². The van der Waals surface area contributed by atoms with Gasteiger partial charge >= 0.3 is 13.3 Å². The molecule has 1 aliphatic rings. The van der Waals surface area contributed by atoms with E-state index in [1.807, 2.05) is 33.8 Å². The minimum atomic E-state index is -4.42. The van der Waals surface area contributed by atoms with Gasteiger partial charge in [-0.25, -0.2) is 9.97 Å². The van der Waals surface area contributed by atoms with Crippen LogP contribution >= 0.6 is 0 Å². The Kier molecular flexibility index (Phi) is 6.51. The number of fused-ring (bicyclic) bond motifs is 1. The van der Waals surface area contributed by atoms with E-state index in [2.05, 4.69) is 20.6 Å². The lowest BCUT2D eigenvalue weighted by atomic mass is 9.76. The van der Waals surface area contributed by atoms with Crippen LogP contribution in [0.3, 0.4) is 0 Å². The number of hydrogen-bond acceptors (Lipinski definition) is 7. The summed E-state index contributed by atoms with van der Waals surface area (Å²) in [4.78, 5) is 9.09. The summed E-state index contributed by atoms with van der Waals surface area (Å²) in [5.41, 5.74) is 1.00. The van der Waals surface area contributed by atoms with Gasteiger partial charge in [0.1, 0.15) is 11.6 Å². The standard InChI is InChI=1S/C25H29BF3N5O2/c1-14-33-20-17(22(34-14)32-13-15-8-7-9-16(10-15)25(27,28)29)11-19(21(31-6)18(20)12-30)26-35-23(2,3)24(4,5)36-26/h7-12,30-31H,13H2,1-6H3,(H,32,33,34). The van der Waals surface area contributed by atoms with Crippen LogP contribution in [0, 0.1) is 12.3 Å². The molecule has 0 saturated carbocycles. The first-order chi connectivity index (χ1) is 16.8. The molecule has 0 atom stereocenters. The Morgan fingerprint density at radius 2 is 1.75 bits per heavy atom. The number of nitrogens with one attached hydrogen (secondary N) is 3. The molecule has 36 heavy (non-hydrogen) atoms. The minimum absolute atomic E-state index is 0.120. The summed E-state index contributed by atoms with van der Waals surface area (Å²) in [6, 6.07) is 7.01. The molecule has 11 heteroatoms. The van der Waals surface area contributed by atoms with Crippen LogP contribution in [0.1, 0.15) is 50.2 Å². The molecule has 0 amide bonds. The van der Waals surface area contributed by atoms with Crippen molar-refractivity contribution < 1.29 is 22.5 Å². The van der Waals surface area contributed by atoms with E-state index < -0.39 is 30.1 Å². The van der Waals surface area contributed by atoms with E-state index in [-0.39, 0.29) is 6.54 Å². The van der Waals surface area contributed by atoms with Crippen molar-refractivity contribution in [2.45, 2.75) is 58.5 Å². The first-order valence-corrected chi connectivity index (χ1v) is 11.6. The third kappa shape index (κ3) is 4.65. The average Bonchev–Trinajstić information content (AvgIpc) is 3.02. The second-order valence-corrected chi connectivity index (χ2v) is 9.80. The van der Waals surface area contributed by atoms with Gasteiger partial charge in [0, 0.05) is 41.9 Å². The smallest absolute Gasteiger partial charge is 0.399 e. The van der Waals surface area contributed by atoms with Gasteiger partial charge in [-0.15, -0.1) is 0 Å². The fourth-order valence-electron chi connectivity index (χ4n) is 4.18. The minimum Gasteiger partial charge on any atom is -0.399 e. The molecule has 0 aliphatic carbocycles.